The molecule has 2 rings (SSSR count). The van der Waals surface area contributed by atoms with E-state index < -0.39 is 5.91 Å². The Balaban J connectivity index is 2.02. The van der Waals surface area contributed by atoms with Gasteiger partial charge in [0.15, 0.2) is 0 Å². The number of furan rings is 1. The zero-order chi connectivity index (χ0) is 13.8. The van der Waals surface area contributed by atoms with Crippen LogP contribution in [0, 0.1) is 5.82 Å². The molecule has 0 aliphatic heterocycles. The topological polar surface area (TPSA) is 77.5 Å². The van der Waals surface area contributed by atoms with Gasteiger partial charge in [-0.25, -0.2) is 10.2 Å². The Morgan fingerprint density at radius 2 is 2.26 bits per heavy atom. The van der Waals surface area contributed by atoms with Gasteiger partial charge in [-0.1, -0.05) is 0 Å². The van der Waals surface area contributed by atoms with E-state index >= 15 is 0 Å². The van der Waals surface area contributed by atoms with Gasteiger partial charge in [0.1, 0.15) is 30.2 Å². The van der Waals surface area contributed by atoms with Gasteiger partial charge in [0.25, 0.3) is 5.91 Å². The lowest BCUT2D eigenvalue weighted by Gasteiger charge is -2.06. The fourth-order valence-electron chi connectivity index (χ4n) is 1.40. The molecule has 0 atom stereocenters. The number of carbonyl (C=O) groups excluding carboxylic acids is 1. The molecule has 0 saturated carbocycles. The smallest absolute Gasteiger partial charge is 0.268 e. The third kappa shape index (κ3) is 3.33. The second-order valence-corrected chi connectivity index (χ2v) is 4.49. The molecule has 0 bridgehead atoms. The van der Waals surface area contributed by atoms with Gasteiger partial charge in [0.05, 0.1) is 10.0 Å². The largest absolute Gasteiger partial charge is 0.484 e. The first kappa shape index (κ1) is 13.6. The second kappa shape index (κ2) is 5.85. The number of hydrazine groups is 1. The predicted molar refractivity (Wildman–Crippen MR) is 68.8 cm³/mol. The molecule has 19 heavy (non-hydrogen) atoms. The number of halogens is 2. The summed E-state index contributed by atoms with van der Waals surface area (Å²) >= 11 is 3.18. The van der Waals surface area contributed by atoms with Crippen LogP contribution in [-0.4, -0.2) is 5.91 Å². The highest BCUT2D eigenvalue weighted by Crippen LogP contribution is 2.26. The fraction of sp³-hybridized carbons (Fsp3) is 0.0833. The molecule has 7 heteroatoms. The van der Waals surface area contributed by atoms with Crippen molar-refractivity contribution in [2.45, 2.75) is 6.61 Å². The number of nitrogens with one attached hydrogen (secondary N) is 1. The van der Waals surface area contributed by atoms with Crippen LogP contribution in [0.15, 0.2) is 39.4 Å². The molecule has 0 radical (unpaired) electrons. The highest BCUT2D eigenvalue weighted by Gasteiger charge is 2.10. The van der Waals surface area contributed by atoms with Crippen LogP contribution >= 0.6 is 15.9 Å². The average Bonchev–Trinajstić information content (AvgIpc) is 2.85. The summed E-state index contributed by atoms with van der Waals surface area (Å²) in [4.78, 5) is 11.2. The van der Waals surface area contributed by atoms with Crippen LogP contribution < -0.4 is 16.0 Å². The molecule has 0 saturated heterocycles. The molecule has 0 unspecified atom stereocenters. The molecule has 0 fully saturated rings. The van der Waals surface area contributed by atoms with Crippen LogP contribution in [-0.2, 0) is 6.61 Å². The van der Waals surface area contributed by atoms with Crippen molar-refractivity contribution in [3.8, 4) is 5.75 Å². The minimum absolute atomic E-state index is 0.113. The number of nitrogens with two attached hydrogens (primary N) is 1. The Labute approximate surface area is 116 Å². The molecule has 1 amide bonds. The summed E-state index contributed by atoms with van der Waals surface area (Å²) in [6.45, 7) is 0.113. The van der Waals surface area contributed by atoms with E-state index in [1.54, 1.807) is 0 Å². The maximum atomic E-state index is 12.9. The molecule has 0 spiro atoms. The number of carbonyl (C=O) groups is 1. The van der Waals surface area contributed by atoms with Gasteiger partial charge in [0.2, 0.25) is 0 Å². The molecule has 0 aliphatic rings. The fourth-order valence-corrected chi connectivity index (χ4v) is 1.87. The Kier molecular flexibility index (Phi) is 4.18. The van der Waals surface area contributed by atoms with Crippen molar-refractivity contribution >= 4 is 21.8 Å². The Hall–Kier alpha value is -1.86. The zero-order valence-corrected chi connectivity index (χ0v) is 11.2. The number of benzene rings is 1. The van der Waals surface area contributed by atoms with Crippen molar-refractivity contribution in [3.63, 3.8) is 0 Å². The van der Waals surface area contributed by atoms with E-state index in [0.29, 0.717) is 21.5 Å². The molecule has 100 valence electrons. The van der Waals surface area contributed by atoms with Crippen molar-refractivity contribution in [3.05, 3.63) is 52.1 Å². The van der Waals surface area contributed by atoms with Crippen LogP contribution in [0.3, 0.4) is 0 Å². The van der Waals surface area contributed by atoms with E-state index in [4.69, 9.17) is 15.0 Å². The first-order valence-electron chi connectivity index (χ1n) is 5.26. The molecular formula is C12H10BrFN2O3. The minimum Gasteiger partial charge on any atom is -0.484 e. The monoisotopic (exact) mass is 328 g/mol. The summed E-state index contributed by atoms with van der Waals surface area (Å²) < 4.78 is 24.0. The van der Waals surface area contributed by atoms with Crippen molar-refractivity contribution in [1.82, 2.24) is 5.43 Å². The first-order valence-corrected chi connectivity index (χ1v) is 6.05. The average molecular weight is 329 g/mol. The van der Waals surface area contributed by atoms with Gasteiger partial charge >= 0.3 is 0 Å². The SMILES string of the molecule is NNC(=O)c1coc(COc2ccc(F)cc2Br)c1. The van der Waals surface area contributed by atoms with Gasteiger partial charge in [0, 0.05) is 0 Å². The van der Waals surface area contributed by atoms with Gasteiger partial charge in [-0.05, 0) is 40.2 Å². The zero-order valence-electron chi connectivity index (χ0n) is 9.65. The minimum atomic E-state index is -0.446. The van der Waals surface area contributed by atoms with Gasteiger partial charge in [-0.2, -0.15) is 0 Å². The number of ether oxygens (including phenoxy) is 1. The van der Waals surface area contributed by atoms with Gasteiger partial charge in [-0.15, -0.1) is 0 Å². The molecule has 5 nitrogen and oxygen atoms in total. The maximum Gasteiger partial charge on any atom is 0.268 e. The summed E-state index contributed by atoms with van der Waals surface area (Å²) in [6.07, 6.45) is 1.28. The third-order valence-electron chi connectivity index (χ3n) is 2.31. The van der Waals surface area contributed by atoms with E-state index in [-0.39, 0.29) is 12.4 Å². The molecule has 3 N–H and O–H groups in total. The lowest BCUT2D eigenvalue weighted by Crippen LogP contribution is -2.29. The maximum absolute atomic E-state index is 12.9. The lowest BCUT2D eigenvalue weighted by molar-refractivity contribution is 0.0953. The molecule has 0 aliphatic carbocycles. The van der Waals surface area contributed by atoms with Crippen LogP contribution in [0.4, 0.5) is 4.39 Å². The molecular weight excluding hydrogens is 319 g/mol. The quantitative estimate of drug-likeness (QED) is 0.513. The molecule has 1 heterocycles. The number of hydrogen-bond acceptors (Lipinski definition) is 4. The van der Waals surface area contributed by atoms with Crippen molar-refractivity contribution in [2.75, 3.05) is 0 Å². The van der Waals surface area contributed by atoms with Gasteiger partial charge in [-0.3, -0.25) is 10.2 Å². The van der Waals surface area contributed by atoms with E-state index in [2.05, 4.69) is 15.9 Å². The Morgan fingerprint density at radius 3 is 2.95 bits per heavy atom. The number of amides is 1. The first-order chi connectivity index (χ1) is 9.10. The Bertz CT molecular complexity index is 600. The Morgan fingerprint density at radius 1 is 1.47 bits per heavy atom. The van der Waals surface area contributed by atoms with Crippen LogP contribution in [0.25, 0.3) is 0 Å². The van der Waals surface area contributed by atoms with Crippen molar-refractivity contribution in [1.29, 1.82) is 0 Å². The van der Waals surface area contributed by atoms with E-state index in [1.807, 2.05) is 5.43 Å². The second-order valence-electron chi connectivity index (χ2n) is 3.64. The number of nitrogen functional groups attached to an aromatic ring is 1. The van der Waals surface area contributed by atoms with Gasteiger partial charge < -0.3 is 9.15 Å². The van der Waals surface area contributed by atoms with Crippen molar-refractivity contribution in [2.24, 2.45) is 5.84 Å². The van der Waals surface area contributed by atoms with Crippen LogP contribution in [0.5, 0.6) is 5.75 Å². The molecule has 1 aromatic heterocycles. The van der Waals surface area contributed by atoms with E-state index in [9.17, 15) is 9.18 Å². The molecule has 2 aromatic rings. The third-order valence-corrected chi connectivity index (χ3v) is 2.93. The van der Waals surface area contributed by atoms with E-state index in [0.717, 1.165) is 0 Å². The molecule has 1 aromatic carbocycles. The normalized spacial score (nSPS) is 10.3. The number of hydrogen-bond donors (Lipinski definition) is 2. The van der Waals surface area contributed by atoms with Crippen LogP contribution in [0.1, 0.15) is 16.1 Å². The summed E-state index contributed by atoms with van der Waals surface area (Å²) in [5.74, 6) is 5.12. The summed E-state index contributed by atoms with van der Waals surface area (Å²) in [5, 5.41) is 0. The predicted octanol–water partition coefficient (Wildman–Crippen LogP) is 2.36. The van der Waals surface area contributed by atoms with Crippen molar-refractivity contribution < 1.29 is 18.3 Å². The number of rotatable bonds is 4. The highest BCUT2D eigenvalue weighted by atomic mass is 79.9. The standard InChI is InChI=1S/C12H10BrFN2O3/c13-10-4-8(14)1-2-11(10)19-6-9-3-7(5-18-9)12(17)16-15/h1-5H,6,15H2,(H,16,17). The summed E-state index contributed by atoms with van der Waals surface area (Å²) in [7, 11) is 0. The highest BCUT2D eigenvalue weighted by molar-refractivity contribution is 9.10. The lowest BCUT2D eigenvalue weighted by atomic mass is 10.3. The summed E-state index contributed by atoms with van der Waals surface area (Å²) in [6, 6.07) is 5.59. The summed E-state index contributed by atoms with van der Waals surface area (Å²) in [5.41, 5.74) is 2.30. The van der Waals surface area contributed by atoms with Crippen LogP contribution in [0.2, 0.25) is 0 Å². The van der Waals surface area contributed by atoms with E-state index in [1.165, 1.54) is 30.5 Å².